The maximum Gasteiger partial charge on any atom is 0.320 e. The number of hydrogen-bond acceptors (Lipinski definition) is 5. The Kier molecular flexibility index (Phi) is 6.13. The van der Waals surface area contributed by atoms with E-state index in [1.807, 2.05) is 31.2 Å². The normalized spacial score (nSPS) is 10.5. The van der Waals surface area contributed by atoms with Crippen LogP contribution in [0.1, 0.15) is 12.5 Å². The number of nitrogens with zero attached hydrogens (tertiary/aromatic N) is 2. The second kappa shape index (κ2) is 8.92. The molecular formula is C20H21N5O3. The molecule has 0 spiro atoms. The summed E-state index contributed by atoms with van der Waals surface area (Å²) in [5, 5.41) is 18.7. The number of benzene rings is 1. The summed E-state index contributed by atoms with van der Waals surface area (Å²) in [6, 6.07) is 9.14. The summed E-state index contributed by atoms with van der Waals surface area (Å²) in [5.41, 5.74) is 2.78. The Morgan fingerprint density at radius 3 is 2.57 bits per heavy atom. The Hall–Kier alpha value is -3.52. The van der Waals surface area contributed by atoms with E-state index in [1.54, 1.807) is 24.7 Å². The van der Waals surface area contributed by atoms with Crippen LogP contribution in [0.5, 0.6) is 0 Å². The molecule has 0 unspecified atom stereocenters. The zero-order chi connectivity index (χ0) is 19.9. The van der Waals surface area contributed by atoms with Crippen molar-refractivity contribution in [3.63, 3.8) is 0 Å². The van der Waals surface area contributed by atoms with Gasteiger partial charge >= 0.3 is 6.03 Å². The van der Waals surface area contributed by atoms with Crippen molar-refractivity contribution < 1.29 is 14.7 Å². The van der Waals surface area contributed by atoms with Gasteiger partial charge in [0.15, 0.2) is 0 Å². The lowest BCUT2D eigenvalue weighted by Gasteiger charge is -2.14. The molecule has 0 bridgehead atoms. The molecule has 0 saturated carbocycles. The van der Waals surface area contributed by atoms with Crippen LogP contribution in [0.3, 0.4) is 0 Å². The highest BCUT2D eigenvalue weighted by atomic mass is 16.3. The third kappa shape index (κ3) is 4.41. The van der Waals surface area contributed by atoms with Crippen LogP contribution in [0.4, 0.5) is 10.6 Å². The SMILES string of the molecule is CCNC(=O)Nc1cc2c(-c3ccncc3)ccc(CNC(=O)CO)c2cn1. The van der Waals surface area contributed by atoms with Crippen LogP contribution in [-0.2, 0) is 11.3 Å². The van der Waals surface area contributed by atoms with Gasteiger partial charge in [-0.05, 0) is 47.2 Å². The summed E-state index contributed by atoms with van der Waals surface area (Å²) in [7, 11) is 0. The predicted molar refractivity (Wildman–Crippen MR) is 107 cm³/mol. The Labute approximate surface area is 162 Å². The van der Waals surface area contributed by atoms with Gasteiger partial charge in [-0.1, -0.05) is 12.1 Å². The summed E-state index contributed by atoms with van der Waals surface area (Å²) < 4.78 is 0. The largest absolute Gasteiger partial charge is 0.387 e. The number of amides is 3. The number of rotatable bonds is 6. The second-order valence-corrected chi connectivity index (χ2v) is 6.04. The van der Waals surface area contributed by atoms with Crippen molar-refractivity contribution >= 4 is 28.5 Å². The lowest BCUT2D eigenvalue weighted by molar-refractivity contribution is -0.123. The molecule has 3 aromatic rings. The van der Waals surface area contributed by atoms with Crippen molar-refractivity contribution in [2.24, 2.45) is 0 Å². The molecule has 3 rings (SSSR count). The molecule has 0 fully saturated rings. The molecule has 2 heterocycles. The molecule has 28 heavy (non-hydrogen) atoms. The van der Waals surface area contributed by atoms with Crippen molar-refractivity contribution in [3.05, 3.63) is 54.5 Å². The summed E-state index contributed by atoms with van der Waals surface area (Å²) in [5.74, 6) is -0.0286. The predicted octanol–water partition coefficient (Wildman–Crippen LogP) is 2.05. The number of aromatic nitrogens is 2. The number of urea groups is 1. The van der Waals surface area contributed by atoms with E-state index in [1.165, 1.54) is 0 Å². The molecule has 0 aliphatic carbocycles. The van der Waals surface area contributed by atoms with Gasteiger partial charge in [-0.2, -0.15) is 0 Å². The first-order valence-electron chi connectivity index (χ1n) is 8.86. The van der Waals surface area contributed by atoms with Crippen LogP contribution in [0, 0.1) is 0 Å². The number of pyridine rings is 2. The van der Waals surface area contributed by atoms with E-state index < -0.39 is 12.5 Å². The fourth-order valence-corrected chi connectivity index (χ4v) is 2.87. The zero-order valence-corrected chi connectivity index (χ0v) is 15.4. The van der Waals surface area contributed by atoms with E-state index in [0.717, 1.165) is 27.5 Å². The van der Waals surface area contributed by atoms with E-state index in [2.05, 4.69) is 25.9 Å². The molecule has 8 heteroatoms. The molecule has 2 aromatic heterocycles. The van der Waals surface area contributed by atoms with Crippen LogP contribution in [-0.4, -0.2) is 40.2 Å². The summed E-state index contributed by atoms with van der Waals surface area (Å²) >= 11 is 0. The molecule has 0 radical (unpaired) electrons. The number of fused-ring (bicyclic) bond motifs is 1. The molecule has 0 aliphatic heterocycles. The highest BCUT2D eigenvalue weighted by Gasteiger charge is 2.12. The molecule has 8 nitrogen and oxygen atoms in total. The van der Waals surface area contributed by atoms with Crippen LogP contribution >= 0.6 is 0 Å². The average Bonchev–Trinajstić information content (AvgIpc) is 2.72. The topological polar surface area (TPSA) is 116 Å². The fraction of sp³-hybridized carbons (Fsp3) is 0.200. The number of aliphatic hydroxyl groups excluding tert-OH is 1. The number of hydrogen-bond donors (Lipinski definition) is 4. The van der Waals surface area contributed by atoms with Gasteiger partial charge in [-0.15, -0.1) is 0 Å². The van der Waals surface area contributed by atoms with Gasteiger partial charge in [-0.3, -0.25) is 15.1 Å². The quantitative estimate of drug-likeness (QED) is 0.523. The minimum Gasteiger partial charge on any atom is -0.387 e. The molecule has 4 N–H and O–H groups in total. The molecule has 144 valence electrons. The first-order valence-corrected chi connectivity index (χ1v) is 8.86. The second-order valence-electron chi connectivity index (χ2n) is 6.04. The van der Waals surface area contributed by atoms with Crippen LogP contribution < -0.4 is 16.0 Å². The molecule has 0 aliphatic rings. The molecule has 1 aromatic carbocycles. The van der Waals surface area contributed by atoms with Crippen molar-refractivity contribution in [3.8, 4) is 11.1 Å². The number of carbonyl (C=O) groups excluding carboxylic acids is 2. The van der Waals surface area contributed by atoms with Crippen LogP contribution in [0.25, 0.3) is 21.9 Å². The maximum absolute atomic E-state index is 11.8. The van der Waals surface area contributed by atoms with E-state index in [9.17, 15) is 9.59 Å². The van der Waals surface area contributed by atoms with Gasteiger partial charge in [0.25, 0.3) is 0 Å². The smallest absolute Gasteiger partial charge is 0.320 e. The minimum absolute atomic E-state index is 0.261. The first-order chi connectivity index (χ1) is 13.6. The zero-order valence-electron chi connectivity index (χ0n) is 15.4. The van der Waals surface area contributed by atoms with Gasteiger partial charge in [0.1, 0.15) is 12.4 Å². The van der Waals surface area contributed by atoms with Gasteiger partial charge in [0, 0.05) is 37.1 Å². The van der Waals surface area contributed by atoms with Crippen molar-refractivity contribution in [1.29, 1.82) is 0 Å². The average molecular weight is 379 g/mol. The van der Waals surface area contributed by atoms with Crippen LogP contribution in [0.15, 0.2) is 48.9 Å². The fourth-order valence-electron chi connectivity index (χ4n) is 2.87. The lowest BCUT2D eigenvalue weighted by atomic mass is 9.96. The van der Waals surface area contributed by atoms with Crippen molar-refractivity contribution in [2.75, 3.05) is 18.5 Å². The summed E-state index contributed by atoms with van der Waals surface area (Å²) in [4.78, 5) is 31.6. The van der Waals surface area contributed by atoms with Gasteiger partial charge in [-0.25, -0.2) is 9.78 Å². The van der Waals surface area contributed by atoms with Crippen molar-refractivity contribution in [2.45, 2.75) is 13.5 Å². The van der Waals surface area contributed by atoms with Gasteiger partial charge in [0.05, 0.1) is 0 Å². The first kappa shape index (κ1) is 19.2. The Balaban J connectivity index is 2.06. The number of nitrogens with one attached hydrogen (secondary N) is 3. The third-order valence-corrected chi connectivity index (χ3v) is 4.18. The molecule has 0 saturated heterocycles. The number of anilines is 1. The highest BCUT2D eigenvalue weighted by Crippen LogP contribution is 2.31. The number of carbonyl (C=O) groups is 2. The molecular weight excluding hydrogens is 358 g/mol. The van der Waals surface area contributed by atoms with E-state index in [4.69, 9.17) is 5.11 Å². The monoisotopic (exact) mass is 379 g/mol. The van der Waals surface area contributed by atoms with Gasteiger partial charge < -0.3 is 15.7 Å². The molecule has 3 amide bonds. The maximum atomic E-state index is 11.8. The Morgan fingerprint density at radius 1 is 1.07 bits per heavy atom. The summed E-state index contributed by atoms with van der Waals surface area (Å²) in [6.45, 7) is 2.04. The minimum atomic E-state index is -0.564. The lowest BCUT2D eigenvalue weighted by Crippen LogP contribution is -2.28. The standard InChI is InChI=1S/C20H21N5O3/c1-2-22-20(28)25-18-9-16-15(13-5-7-21-8-6-13)4-3-14(17(16)11-23-18)10-24-19(27)12-26/h3-9,11,26H,2,10,12H2,1H3,(H,24,27)(H2,22,23,25,28). The highest BCUT2D eigenvalue weighted by molar-refractivity contribution is 6.00. The summed E-state index contributed by atoms with van der Waals surface area (Å²) in [6.07, 6.45) is 5.10. The van der Waals surface area contributed by atoms with E-state index in [-0.39, 0.29) is 12.6 Å². The third-order valence-electron chi connectivity index (χ3n) is 4.18. The van der Waals surface area contributed by atoms with Crippen LogP contribution in [0.2, 0.25) is 0 Å². The Bertz CT molecular complexity index is 992. The van der Waals surface area contributed by atoms with E-state index >= 15 is 0 Å². The molecule has 0 atom stereocenters. The van der Waals surface area contributed by atoms with Crippen molar-refractivity contribution in [1.82, 2.24) is 20.6 Å². The Morgan fingerprint density at radius 2 is 1.86 bits per heavy atom. The van der Waals surface area contributed by atoms with Gasteiger partial charge in [0.2, 0.25) is 5.91 Å². The van der Waals surface area contributed by atoms with E-state index in [0.29, 0.717) is 12.4 Å². The number of aliphatic hydroxyl groups is 1.